The molecule has 1 fully saturated rings. The fourth-order valence-corrected chi connectivity index (χ4v) is 4.10. The Hall–Kier alpha value is -2.44. The van der Waals surface area contributed by atoms with E-state index in [1.165, 1.54) is 25.3 Å². The van der Waals surface area contributed by atoms with Gasteiger partial charge >= 0.3 is 0 Å². The lowest BCUT2D eigenvalue weighted by atomic mass is 10.1. The molecule has 6 heteroatoms. The van der Waals surface area contributed by atoms with Gasteiger partial charge in [-0.2, -0.15) is 11.8 Å². The Balaban J connectivity index is 1.75. The van der Waals surface area contributed by atoms with Crippen LogP contribution in [0.4, 0.5) is 0 Å². The summed E-state index contributed by atoms with van der Waals surface area (Å²) in [7, 11) is 3.14. The minimum atomic E-state index is -0.149. The highest BCUT2D eigenvalue weighted by atomic mass is 32.2. The van der Waals surface area contributed by atoms with Gasteiger partial charge in [0.15, 0.2) is 17.3 Å². The minimum Gasteiger partial charge on any atom is -0.504 e. The summed E-state index contributed by atoms with van der Waals surface area (Å²) >= 11 is 1.99. The molecule has 0 aromatic heterocycles. The molecule has 0 atom stereocenters. The number of benzene rings is 2. The first-order chi connectivity index (χ1) is 13.6. The number of ether oxygens (including phenoxy) is 2. The van der Waals surface area contributed by atoms with Crippen LogP contribution in [0, 0.1) is 0 Å². The highest BCUT2D eigenvalue weighted by Gasteiger charge is 2.14. The molecule has 5 nitrogen and oxygen atoms in total. The van der Waals surface area contributed by atoms with E-state index in [9.17, 15) is 9.90 Å². The van der Waals surface area contributed by atoms with Crippen LogP contribution in [0.1, 0.15) is 21.5 Å². The molecule has 0 unspecified atom stereocenters. The van der Waals surface area contributed by atoms with Crippen molar-refractivity contribution < 1.29 is 19.4 Å². The van der Waals surface area contributed by atoms with Crippen LogP contribution in [0.5, 0.6) is 17.2 Å². The van der Waals surface area contributed by atoms with Crippen LogP contribution in [0.25, 0.3) is 6.08 Å². The first-order valence-corrected chi connectivity index (χ1v) is 10.3. The van der Waals surface area contributed by atoms with E-state index in [0.717, 1.165) is 48.0 Å². The van der Waals surface area contributed by atoms with Crippen LogP contribution < -0.4 is 9.47 Å². The number of phenolic OH excluding ortho intramolecular Hbond substituents is 1. The summed E-state index contributed by atoms with van der Waals surface area (Å²) in [5, 5.41) is 9.67. The first-order valence-electron chi connectivity index (χ1n) is 9.17. The lowest BCUT2D eigenvalue weighted by molar-refractivity contribution is 0.104. The summed E-state index contributed by atoms with van der Waals surface area (Å²) in [6.07, 6.45) is 3.34. The molecule has 3 rings (SSSR count). The number of thioether (sulfide) groups is 1. The molecule has 1 heterocycles. The third kappa shape index (κ3) is 5.09. The monoisotopic (exact) mass is 399 g/mol. The van der Waals surface area contributed by atoms with Gasteiger partial charge in [-0.1, -0.05) is 12.1 Å². The van der Waals surface area contributed by atoms with Crippen LogP contribution in [-0.2, 0) is 6.54 Å². The lowest BCUT2D eigenvalue weighted by Crippen LogP contribution is -2.32. The van der Waals surface area contributed by atoms with Gasteiger partial charge in [0, 0.05) is 42.3 Å². The van der Waals surface area contributed by atoms with E-state index in [-0.39, 0.29) is 17.3 Å². The summed E-state index contributed by atoms with van der Waals surface area (Å²) in [5.41, 5.74) is 2.53. The molecule has 0 saturated carbocycles. The summed E-state index contributed by atoms with van der Waals surface area (Å²) in [6.45, 7) is 3.00. The normalized spacial score (nSPS) is 14.9. The maximum atomic E-state index is 12.5. The van der Waals surface area contributed by atoms with E-state index < -0.39 is 0 Å². The number of nitrogens with zero attached hydrogens (tertiary/aromatic N) is 1. The zero-order chi connectivity index (χ0) is 19.9. The second-order valence-corrected chi connectivity index (χ2v) is 7.77. The molecule has 0 spiro atoms. The molecule has 0 aliphatic carbocycles. The number of carbonyl (C=O) groups is 1. The van der Waals surface area contributed by atoms with Gasteiger partial charge in [0.1, 0.15) is 5.75 Å². The molecule has 28 heavy (non-hydrogen) atoms. The fraction of sp³-hybridized carbons (Fsp3) is 0.318. The predicted molar refractivity (Wildman–Crippen MR) is 114 cm³/mol. The van der Waals surface area contributed by atoms with Crippen molar-refractivity contribution in [3.8, 4) is 17.2 Å². The Bertz CT molecular complexity index is 860. The Morgan fingerprint density at radius 2 is 1.86 bits per heavy atom. The zero-order valence-electron chi connectivity index (χ0n) is 16.2. The van der Waals surface area contributed by atoms with E-state index in [4.69, 9.17) is 9.47 Å². The summed E-state index contributed by atoms with van der Waals surface area (Å²) < 4.78 is 10.6. The third-order valence-corrected chi connectivity index (χ3v) is 5.64. The molecule has 1 N–H and O–H groups in total. The molecular weight excluding hydrogens is 374 g/mol. The molecule has 1 saturated heterocycles. The van der Waals surface area contributed by atoms with E-state index in [1.54, 1.807) is 19.3 Å². The molecule has 0 amide bonds. The molecule has 148 valence electrons. The van der Waals surface area contributed by atoms with Crippen molar-refractivity contribution in [3.63, 3.8) is 0 Å². The van der Waals surface area contributed by atoms with Gasteiger partial charge in [0.2, 0.25) is 0 Å². The molecular formula is C22H25NO4S. The lowest BCUT2D eigenvalue weighted by Gasteiger charge is -2.26. The number of rotatable bonds is 7. The first kappa shape index (κ1) is 20.3. The smallest absolute Gasteiger partial charge is 0.185 e. The number of hydrogen-bond acceptors (Lipinski definition) is 6. The average Bonchev–Trinajstić information content (AvgIpc) is 2.73. The fourth-order valence-electron chi connectivity index (χ4n) is 3.12. The molecule has 1 aliphatic rings. The van der Waals surface area contributed by atoms with Crippen molar-refractivity contribution in [1.29, 1.82) is 0 Å². The van der Waals surface area contributed by atoms with Gasteiger partial charge in [-0.05, 0) is 42.0 Å². The number of carbonyl (C=O) groups excluding carboxylic acids is 1. The summed E-state index contributed by atoms with van der Waals surface area (Å²) in [4.78, 5) is 14.9. The van der Waals surface area contributed by atoms with Crippen molar-refractivity contribution in [3.05, 3.63) is 59.2 Å². The number of phenols is 1. The zero-order valence-corrected chi connectivity index (χ0v) is 17.0. The number of aromatic hydroxyl groups is 1. The van der Waals surface area contributed by atoms with Crippen molar-refractivity contribution in [2.45, 2.75) is 6.54 Å². The van der Waals surface area contributed by atoms with Gasteiger partial charge in [-0.25, -0.2) is 0 Å². The van der Waals surface area contributed by atoms with Crippen LogP contribution in [0.2, 0.25) is 0 Å². The Kier molecular flexibility index (Phi) is 7.01. The van der Waals surface area contributed by atoms with Gasteiger partial charge in [-0.3, -0.25) is 9.69 Å². The van der Waals surface area contributed by atoms with E-state index in [2.05, 4.69) is 11.0 Å². The highest BCUT2D eigenvalue weighted by molar-refractivity contribution is 7.99. The van der Waals surface area contributed by atoms with Crippen LogP contribution in [0.3, 0.4) is 0 Å². The Morgan fingerprint density at radius 3 is 2.57 bits per heavy atom. The number of allylic oxidation sites excluding steroid dienone is 1. The largest absolute Gasteiger partial charge is 0.504 e. The SMILES string of the molecule is COc1cc(C(=O)/C=C/c2ccc(OC)c(CN3CCSCC3)c2)ccc1O. The van der Waals surface area contributed by atoms with Gasteiger partial charge in [0.25, 0.3) is 0 Å². The molecule has 1 aliphatic heterocycles. The topological polar surface area (TPSA) is 59.0 Å². The van der Waals surface area contributed by atoms with E-state index in [0.29, 0.717) is 5.56 Å². The standard InChI is InChI=1S/C22H25NO4S/c1-26-21-8-4-16(13-18(21)15-23-9-11-28-12-10-23)3-6-19(24)17-5-7-20(25)22(14-17)27-2/h3-8,13-14,25H,9-12,15H2,1-2H3/b6-3+. The third-order valence-electron chi connectivity index (χ3n) is 4.69. The molecule has 2 aromatic carbocycles. The summed E-state index contributed by atoms with van der Waals surface area (Å²) in [5.74, 6) is 3.33. The Morgan fingerprint density at radius 1 is 1.11 bits per heavy atom. The van der Waals surface area contributed by atoms with Crippen molar-refractivity contribution in [1.82, 2.24) is 4.90 Å². The van der Waals surface area contributed by atoms with Gasteiger partial charge in [-0.15, -0.1) is 0 Å². The highest BCUT2D eigenvalue weighted by Crippen LogP contribution is 2.27. The number of hydrogen-bond donors (Lipinski definition) is 1. The molecule has 0 radical (unpaired) electrons. The number of methoxy groups -OCH3 is 2. The maximum absolute atomic E-state index is 12.5. The van der Waals surface area contributed by atoms with Crippen LogP contribution in [0.15, 0.2) is 42.5 Å². The van der Waals surface area contributed by atoms with Crippen LogP contribution in [-0.4, -0.2) is 54.6 Å². The minimum absolute atomic E-state index is 0.0129. The second kappa shape index (κ2) is 9.66. The van der Waals surface area contributed by atoms with Crippen molar-refractivity contribution in [2.75, 3.05) is 38.8 Å². The predicted octanol–water partition coefficient (Wildman–Crippen LogP) is 3.85. The van der Waals surface area contributed by atoms with Gasteiger partial charge in [0.05, 0.1) is 14.2 Å². The van der Waals surface area contributed by atoms with Gasteiger partial charge < -0.3 is 14.6 Å². The van der Waals surface area contributed by atoms with E-state index >= 15 is 0 Å². The quantitative estimate of drug-likeness (QED) is 0.564. The molecule has 0 bridgehead atoms. The van der Waals surface area contributed by atoms with E-state index in [1.807, 2.05) is 23.9 Å². The maximum Gasteiger partial charge on any atom is 0.185 e. The number of ketones is 1. The van der Waals surface area contributed by atoms with Crippen LogP contribution >= 0.6 is 11.8 Å². The Labute approximate surface area is 170 Å². The summed E-state index contributed by atoms with van der Waals surface area (Å²) in [6, 6.07) is 10.5. The van der Waals surface area contributed by atoms with Crippen molar-refractivity contribution in [2.24, 2.45) is 0 Å². The average molecular weight is 400 g/mol. The second-order valence-electron chi connectivity index (χ2n) is 6.54. The molecule has 2 aromatic rings. The van der Waals surface area contributed by atoms with Crippen molar-refractivity contribution >= 4 is 23.6 Å².